The Morgan fingerprint density at radius 1 is 1.73 bits per heavy atom. The molecule has 6 heteroatoms. The number of nitrogens with one attached hydrogen (secondary N) is 2. The van der Waals surface area contributed by atoms with Gasteiger partial charge in [-0.25, -0.2) is 10.4 Å². The van der Waals surface area contributed by atoms with Crippen LogP contribution in [0.4, 0.5) is 0 Å². The van der Waals surface area contributed by atoms with E-state index in [0.29, 0.717) is 6.54 Å². The predicted molar refractivity (Wildman–Crippen MR) is 56.4 cm³/mol. The van der Waals surface area contributed by atoms with Crippen LogP contribution in [0.1, 0.15) is 19.8 Å². The maximum Gasteiger partial charge on any atom is 0.321 e. The fourth-order valence-electron chi connectivity index (χ4n) is 1.68. The van der Waals surface area contributed by atoms with Gasteiger partial charge in [-0.1, -0.05) is 0 Å². The van der Waals surface area contributed by atoms with Gasteiger partial charge in [0.2, 0.25) is 0 Å². The van der Waals surface area contributed by atoms with E-state index in [9.17, 15) is 4.79 Å². The smallest absolute Gasteiger partial charge is 0.321 e. The lowest BCUT2D eigenvalue weighted by atomic mass is 9.98. The van der Waals surface area contributed by atoms with Crippen LogP contribution >= 0.6 is 0 Å². The Morgan fingerprint density at radius 3 is 2.93 bits per heavy atom. The highest BCUT2D eigenvalue weighted by Crippen LogP contribution is 2.14. The fourth-order valence-corrected chi connectivity index (χ4v) is 1.68. The van der Waals surface area contributed by atoms with Crippen LogP contribution in [-0.2, 0) is 4.79 Å². The lowest BCUT2D eigenvalue weighted by Crippen LogP contribution is -2.52. The highest BCUT2D eigenvalue weighted by atomic mass is 16.4. The lowest BCUT2D eigenvalue weighted by molar-refractivity contribution is -0.140. The first kappa shape index (κ1) is 11.9. The number of carboxylic acids is 1. The van der Waals surface area contributed by atoms with E-state index in [4.69, 9.17) is 16.2 Å². The zero-order valence-corrected chi connectivity index (χ0v) is 8.86. The number of hydrogen-bond acceptors (Lipinski definition) is 4. The Hall–Kier alpha value is -1.14. The fraction of sp³-hybridized carbons (Fsp3) is 0.778. The van der Waals surface area contributed by atoms with E-state index in [1.54, 1.807) is 6.92 Å². The van der Waals surface area contributed by atoms with Gasteiger partial charge in [-0.05, 0) is 19.8 Å². The number of piperidine rings is 1. The second-order valence-corrected chi connectivity index (χ2v) is 3.93. The Morgan fingerprint density at radius 2 is 2.40 bits per heavy atom. The molecule has 0 aromatic rings. The maximum absolute atomic E-state index is 10.6. The Balaban J connectivity index is 2.43. The first-order valence-corrected chi connectivity index (χ1v) is 5.08. The zero-order valence-electron chi connectivity index (χ0n) is 8.86. The number of amidine groups is 1. The first-order valence-electron chi connectivity index (χ1n) is 5.08. The minimum absolute atomic E-state index is 0.0484. The molecule has 5 N–H and O–H groups in total. The largest absolute Gasteiger partial charge is 0.480 e. The summed E-state index contributed by atoms with van der Waals surface area (Å²) in [6.07, 6.45) is 1.85. The van der Waals surface area contributed by atoms with Gasteiger partial charge in [-0.2, -0.15) is 0 Å². The molecule has 0 bridgehead atoms. The number of aliphatic carboxylic acids is 1. The van der Waals surface area contributed by atoms with Gasteiger partial charge in [0.1, 0.15) is 6.04 Å². The van der Waals surface area contributed by atoms with Crippen molar-refractivity contribution < 1.29 is 9.90 Å². The van der Waals surface area contributed by atoms with E-state index in [1.807, 2.05) is 5.01 Å². The quantitative estimate of drug-likeness (QED) is 0.377. The van der Waals surface area contributed by atoms with E-state index in [-0.39, 0.29) is 11.8 Å². The molecule has 15 heavy (non-hydrogen) atoms. The molecule has 0 aromatic heterocycles. The molecule has 1 aliphatic rings. The van der Waals surface area contributed by atoms with Crippen molar-refractivity contribution in [1.29, 1.82) is 5.41 Å². The predicted octanol–water partition coefficient (Wildman–Crippen LogP) is -0.388. The van der Waals surface area contributed by atoms with E-state index in [0.717, 1.165) is 19.4 Å². The molecule has 1 saturated heterocycles. The Kier molecular flexibility index (Phi) is 4.05. The van der Waals surface area contributed by atoms with Gasteiger partial charge in [0.15, 0.2) is 0 Å². The summed E-state index contributed by atoms with van der Waals surface area (Å²) in [4.78, 5) is 10.6. The normalized spacial score (nSPS) is 24.7. The Bertz CT molecular complexity index is 254. The molecule has 0 radical (unpaired) electrons. The lowest BCUT2D eigenvalue weighted by Gasteiger charge is -2.33. The van der Waals surface area contributed by atoms with Crippen molar-refractivity contribution in [2.24, 2.45) is 11.7 Å². The number of carboxylic acid groups (broad SMARTS) is 1. The summed E-state index contributed by atoms with van der Waals surface area (Å²) < 4.78 is 0. The minimum Gasteiger partial charge on any atom is -0.480 e. The number of hydrazine groups is 1. The third kappa shape index (κ3) is 3.49. The van der Waals surface area contributed by atoms with E-state index >= 15 is 0 Å². The molecular formula is C9H18N4O2. The van der Waals surface area contributed by atoms with Crippen LogP contribution in [0.3, 0.4) is 0 Å². The van der Waals surface area contributed by atoms with Crippen molar-refractivity contribution in [1.82, 2.24) is 10.4 Å². The summed E-state index contributed by atoms with van der Waals surface area (Å²) >= 11 is 0. The van der Waals surface area contributed by atoms with Crippen LogP contribution in [0.15, 0.2) is 0 Å². The van der Waals surface area contributed by atoms with Gasteiger partial charge in [-0.15, -0.1) is 0 Å². The molecule has 0 aromatic carbocycles. The van der Waals surface area contributed by atoms with Crippen molar-refractivity contribution in [3.8, 4) is 0 Å². The van der Waals surface area contributed by atoms with E-state index < -0.39 is 12.0 Å². The van der Waals surface area contributed by atoms with Crippen molar-refractivity contribution in [3.63, 3.8) is 0 Å². The van der Waals surface area contributed by atoms with Crippen LogP contribution < -0.4 is 11.2 Å². The zero-order chi connectivity index (χ0) is 11.4. The second kappa shape index (κ2) is 5.09. The summed E-state index contributed by atoms with van der Waals surface area (Å²) in [5.74, 6) is -0.642. The number of nitrogens with zero attached hydrogens (tertiary/aromatic N) is 1. The molecule has 1 fully saturated rings. The number of carbonyl (C=O) groups is 1. The molecule has 1 aliphatic heterocycles. The van der Waals surface area contributed by atoms with E-state index in [2.05, 4.69) is 5.43 Å². The van der Waals surface area contributed by atoms with Crippen LogP contribution in [0, 0.1) is 11.3 Å². The van der Waals surface area contributed by atoms with Crippen molar-refractivity contribution in [2.45, 2.75) is 25.8 Å². The topological polar surface area (TPSA) is 102 Å². The molecule has 86 valence electrons. The van der Waals surface area contributed by atoms with Crippen LogP contribution in [-0.4, -0.2) is 41.1 Å². The van der Waals surface area contributed by atoms with Crippen molar-refractivity contribution in [2.75, 3.05) is 13.1 Å². The molecule has 1 heterocycles. The van der Waals surface area contributed by atoms with Gasteiger partial charge in [0.05, 0.1) is 5.84 Å². The van der Waals surface area contributed by atoms with Crippen molar-refractivity contribution >= 4 is 11.8 Å². The molecule has 1 unspecified atom stereocenters. The Labute approximate surface area is 88.9 Å². The summed E-state index contributed by atoms with van der Waals surface area (Å²) in [6.45, 7) is 3.02. The summed E-state index contributed by atoms with van der Waals surface area (Å²) in [5.41, 5.74) is 8.32. The van der Waals surface area contributed by atoms with Crippen LogP contribution in [0.2, 0.25) is 0 Å². The summed E-state index contributed by atoms with van der Waals surface area (Å²) in [6, 6.07) is -0.601. The maximum atomic E-state index is 10.6. The average molecular weight is 214 g/mol. The number of hydrogen-bond donors (Lipinski definition) is 4. The molecule has 0 amide bonds. The molecule has 0 saturated carbocycles. The molecule has 2 atom stereocenters. The van der Waals surface area contributed by atoms with Crippen LogP contribution in [0.5, 0.6) is 0 Å². The minimum atomic E-state index is -0.875. The highest BCUT2D eigenvalue weighted by molar-refractivity contribution is 5.79. The summed E-state index contributed by atoms with van der Waals surface area (Å²) in [7, 11) is 0. The summed E-state index contributed by atoms with van der Waals surface area (Å²) in [5, 5.41) is 17.9. The molecule has 0 spiro atoms. The average Bonchev–Trinajstić information content (AvgIpc) is 2.18. The standard InChI is InChI=1S/C9H18N4O2/c1-6(9(14)15)12-13-4-2-3-7(5-13)8(10)11/h6-7,12H,2-5H2,1H3,(H3,10,11)(H,14,15)/t6-,7?/m0/s1. The van der Waals surface area contributed by atoms with Gasteiger partial charge < -0.3 is 10.8 Å². The van der Waals surface area contributed by atoms with Gasteiger partial charge in [0, 0.05) is 19.0 Å². The SMILES string of the molecule is C[C@H](NN1CCCC(C(=N)N)C1)C(=O)O. The van der Waals surface area contributed by atoms with E-state index in [1.165, 1.54) is 0 Å². The van der Waals surface area contributed by atoms with Crippen molar-refractivity contribution in [3.05, 3.63) is 0 Å². The molecular weight excluding hydrogens is 196 g/mol. The first-order chi connectivity index (χ1) is 7.00. The molecule has 0 aliphatic carbocycles. The van der Waals surface area contributed by atoms with Gasteiger partial charge in [0.25, 0.3) is 0 Å². The monoisotopic (exact) mass is 214 g/mol. The number of rotatable bonds is 4. The third-order valence-corrected chi connectivity index (χ3v) is 2.61. The highest BCUT2D eigenvalue weighted by Gasteiger charge is 2.24. The third-order valence-electron chi connectivity index (χ3n) is 2.61. The molecule has 1 rings (SSSR count). The van der Waals surface area contributed by atoms with Crippen LogP contribution in [0.25, 0.3) is 0 Å². The van der Waals surface area contributed by atoms with Gasteiger partial charge >= 0.3 is 5.97 Å². The number of nitrogens with two attached hydrogens (primary N) is 1. The molecule has 6 nitrogen and oxygen atoms in total. The second-order valence-electron chi connectivity index (χ2n) is 3.93. The van der Waals surface area contributed by atoms with Gasteiger partial charge in [-0.3, -0.25) is 10.2 Å².